The molecule has 2 fully saturated rings. The highest BCUT2D eigenvalue weighted by molar-refractivity contribution is 5.82. The predicted molar refractivity (Wildman–Crippen MR) is 79.0 cm³/mol. The van der Waals surface area contributed by atoms with Crippen molar-refractivity contribution in [1.29, 1.82) is 0 Å². The van der Waals surface area contributed by atoms with Crippen LogP contribution in [0.4, 0.5) is 0 Å². The van der Waals surface area contributed by atoms with Crippen molar-refractivity contribution in [3.63, 3.8) is 0 Å². The monoisotopic (exact) mass is 266 g/mol. The van der Waals surface area contributed by atoms with Crippen molar-refractivity contribution in [3.05, 3.63) is 0 Å². The van der Waals surface area contributed by atoms with Crippen molar-refractivity contribution in [2.45, 2.75) is 58.8 Å². The van der Waals surface area contributed by atoms with Gasteiger partial charge >= 0.3 is 0 Å². The van der Waals surface area contributed by atoms with Gasteiger partial charge in [0.2, 0.25) is 5.91 Å². The van der Waals surface area contributed by atoms with E-state index in [1.807, 2.05) is 0 Å². The van der Waals surface area contributed by atoms with E-state index in [1.165, 1.54) is 19.3 Å². The molecule has 1 saturated carbocycles. The van der Waals surface area contributed by atoms with Crippen LogP contribution in [0.5, 0.6) is 0 Å². The molecule has 1 saturated heterocycles. The highest BCUT2D eigenvalue weighted by Crippen LogP contribution is 2.43. The van der Waals surface area contributed by atoms with E-state index in [0.717, 1.165) is 51.2 Å². The molecule has 1 aliphatic heterocycles. The lowest BCUT2D eigenvalue weighted by Gasteiger charge is -2.29. The summed E-state index contributed by atoms with van der Waals surface area (Å²) in [6.45, 7) is 7.61. The summed E-state index contributed by atoms with van der Waals surface area (Å²) in [6, 6.07) is 0. The molecule has 2 N–H and O–H groups in total. The lowest BCUT2D eigenvalue weighted by atomic mass is 9.77. The van der Waals surface area contributed by atoms with Crippen LogP contribution in [0.3, 0.4) is 0 Å². The first kappa shape index (κ1) is 14.8. The average molecular weight is 266 g/mol. The van der Waals surface area contributed by atoms with Crippen LogP contribution in [-0.2, 0) is 4.79 Å². The minimum absolute atomic E-state index is 0.0396. The summed E-state index contributed by atoms with van der Waals surface area (Å²) in [5.74, 6) is 1.72. The Kier molecular flexibility index (Phi) is 5.26. The third-order valence-corrected chi connectivity index (χ3v) is 4.84. The number of hydrogen-bond acceptors (Lipinski definition) is 2. The highest BCUT2D eigenvalue weighted by Gasteiger charge is 2.41. The van der Waals surface area contributed by atoms with Crippen molar-refractivity contribution >= 4 is 5.91 Å². The summed E-state index contributed by atoms with van der Waals surface area (Å²) < 4.78 is 0. The Morgan fingerprint density at radius 1 is 1.37 bits per heavy atom. The summed E-state index contributed by atoms with van der Waals surface area (Å²) in [5, 5.41) is 6.62. The maximum Gasteiger partial charge on any atom is 0.226 e. The van der Waals surface area contributed by atoms with Gasteiger partial charge in [-0.2, -0.15) is 0 Å². The predicted octanol–water partition coefficient (Wildman–Crippen LogP) is 2.71. The molecule has 1 unspecified atom stereocenters. The molecule has 2 aliphatic rings. The zero-order valence-electron chi connectivity index (χ0n) is 12.6. The molecule has 3 heteroatoms. The first-order valence-electron chi connectivity index (χ1n) is 8.11. The minimum atomic E-state index is -0.0396. The molecule has 1 heterocycles. The number of nitrogens with one attached hydrogen (secondary N) is 2. The zero-order valence-corrected chi connectivity index (χ0v) is 12.6. The fourth-order valence-electron chi connectivity index (χ4n) is 3.90. The van der Waals surface area contributed by atoms with Gasteiger partial charge in [-0.3, -0.25) is 4.79 Å². The number of hydrogen-bond donors (Lipinski definition) is 2. The summed E-state index contributed by atoms with van der Waals surface area (Å²) >= 11 is 0. The third kappa shape index (κ3) is 3.95. The molecule has 1 amide bonds. The van der Waals surface area contributed by atoms with Crippen molar-refractivity contribution in [3.8, 4) is 0 Å². The van der Waals surface area contributed by atoms with Crippen LogP contribution in [0.1, 0.15) is 58.8 Å². The van der Waals surface area contributed by atoms with Gasteiger partial charge in [0.05, 0.1) is 0 Å². The van der Waals surface area contributed by atoms with Crippen LogP contribution < -0.4 is 10.6 Å². The van der Waals surface area contributed by atoms with Crippen LogP contribution in [-0.4, -0.2) is 25.5 Å². The maximum atomic E-state index is 12.5. The molecule has 0 aromatic carbocycles. The molecule has 0 radical (unpaired) electrons. The van der Waals surface area contributed by atoms with E-state index in [0.29, 0.717) is 11.8 Å². The molecular weight excluding hydrogens is 236 g/mol. The van der Waals surface area contributed by atoms with Gasteiger partial charge in [0.25, 0.3) is 0 Å². The molecule has 19 heavy (non-hydrogen) atoms. The van der Waals surface area contributed by atoms with E-state index in [1.54, 1.807) is 0 Å². The number of rotatable bonds is 6. The van der Waals surface area contributed by atoms with Crippen LogP contribution in [0, 0.1) is 17.3 Å². The van der Waals surface area contributed by atoms with E-state index >= 15 is 0 Å². The van der Waals surface area contributed by atoms with E-state index in [4.69, 9.17) is 0 Å². The largest absolute Gasteiger partial charge is 0.356 e. The van der Waals surface area contributed by atoms with Gasteiger partial charge < -0.3 is 10.6 Å². The smallest absolute Gasteiger partial charge is 0.226 e. The van der Waals surface area contributed by atoms with Gasteiger partial charge in [0.15, 0.2) is 0 Å². The lowest BCUT2D eigenvalue weighted by Crippen LogP contribution is -2.41. The van der Waals surface area contributed by atoms with Crippen molar-refractivity contribution in [2.24, 2.45) is 17.3 Å². The molecule has 110 valence electrons. The minimum Gasteiger partial charge on any atom is -0.356 e. The summed E-state index contributed by atoms with van der Waals surface area (Å²) in [5.41, 5.74) is -0.0396. The van der Waals surface area contributed by atoms with Crippen LogP contribution in [0.2, 0.25) is 0 Å². The first-order valence-corrected chi connectivity index (χ1v) is 8.11. The Morgan fingerprint density at radius 3 is 2.68 bits per heavy atom. The number of amides is 1. The molecule has 3 nitrogen and oxygen atoms in total. The van der Waals surface area contributed by atoms with Crippen LogP contribution in [0.15, 0.2) is 0 Å². The van der Waals surface area contributed by atoms with Crippen molar-refractivity contribution < 1.29 is 4.79 Å². The van der Waals surface area contributed by atoms with Crippen LogP contribution >= 0.6 is 0 Å². The van der Waals surface area contributed by atoms with E-state index < -0.39 is 0 Å². The molecule has 2 rings (SSSR count). The summed E-state index contributed by atoms with van der Waals surface area (Å²) in [7, 11) is 0. The third-order valence-electron chi connectivity index (χ3n) is 4.84. The summed E-state index contributed by atoms with van der Waals surface area (Å²) in [6.07, 6.45) is 8.12. The Hall–Kier alpha value is -0.570. The van der Waals surface area contributed by atoms with E-state index in [9.17, 15) is 4.79 Å². The number of carbonyl (C=O) groups excluding carboxylic acids is 1. The Bertz CT molecular complexity index is 289. The van der Waals surface area contributed by atoms with E-state index in [2.05, 4.69) is 24.5 Å². The average Bonchev–Trinajstić information content (AvgIpc) is 3.00. The van der Waals surface area contributed by atoms with Gasteiger partial charge in [0, 0.05) is 12.0 Å². The standard InChI is InChI=1S/C16H30N2O/c1-13(2)11-16(7-3-4-8-16)15(19)18-10-6-14-5-9-17-12-14/h13-14,17H,3-12H2,1-2H3,(H,18,19). The zero-order chi connectivity index (χ0) is 13.7. The Labute approximate surface area is 117 Å². The molecule has 1 aliphatic carbocycles. The normalized spacial score (nSPS) is 25.9. The fourth-order valence-corrected chi connectivity index (χ4v) is 3.90. The topological polar surface area (TPSA) is 41.1 Å². The second-order valence-electron chi connectivity index (χ2n) is 6.99. The van der Waals surface area contributed by atoms with Crippen molar-refractivity contribution in [1.82, 2.24) is 10.6 Å². The van der Waals surface area contributed by atoms with Crippen LogP contribution in [0.25, 0.3) is 0 Å². The van der Waals surface area contributed by atoms with E-state index in [-0.39, 0.29) is 5.41 Å². The molecule has 1 atom stereocenters. The first-order chi connectivity index (χ1) is 9.12. The molecule has 0 aromatic heterocycles. The maximum absolute atomic E-state index is 12.5. The molecule has 0 spiro atoms. The van der Waals surface area contributed by atoms with Gasteiger partial charge in [0.1, 0.15) is 0 Å². The SMILES string of the molecule is CC(C)CC1(C(=O)NCCC2CCNC2)CCCC1. The summed E-state index contributed by atoms with van der Waals surface area (Å²) in [4.78, 5) is 12.5. The Morgan fingerprint density at radius 2 is 2.11 bits per heavy atom. The quantitative estimate of drug-likeness (QED) is 0.776. The fraction of sp³-hybridized carbons (Fsp3) is 0.938. The van der Waals surface area contributed by atoms with Crippen molar-refractivity contribution in [2.75, 3.05) is 19.6 Å². The van der Waals surface area contributed by atoms with Gasteiger partial charge in [-0.25, -0.2) is 0 Å². The Balaban J connectivity index is 1.78. The second kappa shape index (κ2) is 6.74. The van der Waals surface area contributed by atoms with Gasteiger partial charge in [-0.1, -0.05) is 26.7 Å². The molecular formula is C16H30N2O. The second-order valence-corrected chi connectivity index (χ2v) is 6.99. The lowest BCUT2D eigenvalue weighted by molar-refractivity contribution is -0.131. The highest BCUT2D eigenvalue weighted by atomic mass is 16.2. The molecule has 0 aromatic rings. The van der Waals surface area contributed by atoms with Gasteiger partial charge in [-0.05, 0) is 57.0 Å². The number of carbonyl (C=O) groups is 1. The van der Waals surface area contributed by atoms with Gasteiger partial charge in [-0.15, -0.1) is 0 Å². The molecule has 0 bridgehead atoms.